The van der Waals surface area contributed by atoms with E-state index in [4.69, 9.17) is 4.74 Å². The molecule has 3 heterocycles. The lowest BCUT2D eigenvalue weighted by molar-refractivity contribution is 0.188. The van der Waals surface area contributed by atoms with Crippen molar-refractivity contribution in [1.82, 2.24) is 28.9 Å². The Hall–Kier alpha value is -2.72. The molecule has 1 fully saturated rings. The lowest BCUT2D eigenvalue weighted by Crippen LogP contribution is -2.50. The molecule has 1 aromatic carbocycles. The Morgan fingerprint density at radius 1 is 1.17 bits per heavy atom. The number of hydrogen-bond donors (Lipinski definition) is 0. The Bertz CT molecular complexity index is 1080. The standard InChI is InChI=1S/C19H24N6O3S/c1-14(2)19-20-18(12-23(19)3)29(26,27)24-10-16(11-24)25-9-15(21-22-25)13-28-17-7-5-4-6-8-17/h4-9,12,14,16H,10-11,13H2,1-3H3. The molecule has 1 saturated heterocycles. The molecule has 0 aliphatic carbocycles. The molecule has 0 unspecified atom stereocenters. The number of nitrogens with zero attached hydrogens (tertiary/aromatic N) is 6. The van der Waals surface area contributed by atoms with Crippen LogP contribution in [0.2, 0.25) is 0 Å². The van der Waals surface area contributed by atoms with E-state index >= 15 is 0 Å². The largest absolute Gasteiger partial charge is 0.487 e. The average Bonchev–Trinajstić information content (AvgIpc) is 3.26. The van der Waals surface area contributed by atoms with Gasteiger partial charge in [0, 0.05) is 32.3 Å². The molecule has 10 heteroatoms. The van der Waals surface area contributed by atoms with Crippen LogP contribution < -0.4 is 4.74 Å². The lowest BCUT2D eigenvalue weighted by atomic mass is 10.2. The molecule has 0 radical (unpaired) electrons. The first-order chi connectivity index (χ1) is 13.8. The van der Waals surface area contributed by atoms with E-state index in [1.54, 1.807) is 21.6 Å². The normalized spacial score (nSPS) is 15.6. The van der Waals surface area contributed by atoms with Gasteiger partial charge in [0.1, 0.15) is 23.9 Å². The second-order valence-corrected chi connectivity index (χ2v) is 9.36. The van der Waals surface area contributed by atoms with Crippen LogP contribution in [0.15, 0.2) is 47.8 Å². The monoisotopic (exact) mass is 416 g/mol. The maximum Gasteiger partial charge on any atom is 0.262 e. The minimum atomic E-state index is -3.60. The molecule has 3 aromatic rings. The second kappa shape index (κ2) is 7.60. The van der Waals surface area contributed by atoms with Crippen molar-refractivity contribution in [3.63, 3.8) is 0 Å². The molecule has 4 rings (SSSR count). The molecule has 0 atom stereocenters. The second-order valence-electron chi connectivity index (χ2n) is 7.47. The summed E-state index contributed by atoms with van der Waals surface area (Å²) in [5.41, 5.74) is 0.696. The first-order valence-corrected chi connectivity index (χ1v) is 10.9. The maximum absolute atomic E-state index is 12.8. The Kier molecular flexibility index (Phi) is 5.13. The van der Waals surface area contributed by atoms with Gasteiger partial charge in [-0.3, -0.25) is 0 Å². The molecule has 1 aliphatic heterocycles. The number of para-hydroxylation sites is 1. The number of benzene rings is 1. The van der Waals surface area contributed by atoms with Crippen LogP contribution in [0.25, 0.3) is 0 Å². The van der Waals surface area contributed by atoms with Crippen molar-refractivity contribution in [2.24, 2.45) is 7.05 Å². The van der Waals surface area contributed by atoms with Crippen LogP contribution in [0.5, 0.6) is 5.75 Å². The summed E-state index contributed by atoms with van der Waals surface area (Å²) in [4.78, 5) is 4.32. The van der Waals surface area contributed by atoms with E-state index in [1.165, 1.54) is 4.31 Å². The Morgan fingerprint density at radius 2 is 1.90 bits per heavy atom. The first kappa shape index (κ1) is 19.6. The third kappa shape index (κ3) is 3.90. The van der Waals surface area contributed by atoms with Crippen LogP contribution in [0.3, 0.4) is 0 Å². The number of imidazole rings is 1. The topological polar surface area (TPSA) is 95.1 Å². The highest BCUT2D eigenvalue weighted by Gasteiger charge is 2.39. The summed E-state index contributed by atoms with van der Waals surface area (Å²) in [7, 11) is -1.79. The summed E-state index contributed by atoms with van der Waals surface area (Å²) in [5.74, 6) is 1.67. The summed E-state index contributed by atoms with van der Waals surface area (Å²) in [6, 6.07) is 9.44. The predicted octanol–water partition coefficient (Wildman–Crippen LogP) is 1.96. The van der Waals surface area contributed by atoms with Crippen molar-refractivity contribution < 1.29 is 13.2 Å². The molecular weight excluding hydrogens is 392 g/mol. The van der Waals surface area contributed by atoms with Crippen molar-refractivity contribution in [3.8, 4) is 5.75 Å². The number of ether oxygens (including phenoxy) is 1. The summed E-state index contributed by atoms with van der Waals surface area (Å²) >= 11 is 0. The van der Waals surface area contributed by atoms with Gasteiger partial charge in [0.25, 0.3) is 10.0 Å². The molecule has 154 valence electrons. The summed E-state index contributed by atoms with van der Waals surface area (Å²) < 4.78 is 36.2. The minimum Gasteiger partial charge on any atom is -0.487 e. The molecule has 9 nitrogen and oxygen atoms in total. The van der Waals surface area contributed by atoms with Crippen molar-refractivity contribution in [3.05, 3.63) is 54.2 Å². The van der Waals surface area contributed by atoms with Gasteiger partial charge in [0.05, 0.1) is 12.2 Å². The van der Waals surface area contributed by atoms with E-state index in [1.807, 2.05) is 51.2 Å². The van der Waals surface area contributed by atoms with E-state index in [9.17, 15) is 8.42 Å². The SMILES string of the molecule is CC(C)c1nc(S(=O)(=O)N2CC(n3cc(COc4ccccc4)nn3)C2)cn1C. The van der Waals surface area contributed by atoms with Gasteiger partial charge in [-0.1, -0.05) is 37.3 Å². The van der Waals surface area contributed by atoms with Crippen LogP contribution >= 0.6 is 0 Å². The highest BCUT2D eigenvalue weighted by Crippen LogP contribution is 2.28. The average molecular weight is 417 g/mol. The first-order valence-electron chi connectivity index (χ1n) is 9.46. The quantitative estimate of drug-likeness (QED) is 0.584. The number of rotatable bonds is 7. The zero-order valence-corrected chi connectivity index (χ0v) is 17.5. The van der Waals surface area contributed by atoms with Crippen molar-refractivity contribution in [2.45, 2.75) is 37.4 Å². The fourth-order valence-electron chi connectivity index (χ4n) is 3.26. The van der Waals surface area contributed by atoms with Crippen LogP contribution in [0.1, 0.15) is 37.3 Å². The van der Waals surface area contributed by atoms with Crippen LogP contribution in [-0.2, 0) is 23.7 Å². The highest BCUT2D eigenvalue weighted by atomic mass is 32.2. The third-order valence-corrected chi connectivity index (χ3v) is 6.60. The van der Waals surface area contributed by atoms with Crippen molar-refractivity contribution >= 4 is 10.0 Å². The molecule has 0 saturated carbocycles. The van der Waals surface area contributed by atoms with Crippen molar-refractivity contribution in [1.29, 1.82) is 0 Å². The minimum absolute atomic E-state index is 0.0453. The van der Waals surface area contributed by atoms with E-state index < -0.39 is 10.0 Å². The summed E-state index contributed by atoms with van der Waals surface area (Å²) in [6.07, 6.45) is 3.38. The Labute approximate surface area is 170 Å². The van der Waals surface area contributed by atoms with Gasteiger partial charge in [0.15, 0.2) is 5.03 Å². The fourth-order valence-corrected chi connectivity index (χ4v) is 4.76. The molecule has 0 bridgehead atoms. The molecule has 2 aromatic heterocycles. The zero-order valence-electron chi connectivity index (χ0n) is 16.6. The highest BCUT2D eigenvalue weighted by molar-refractivity contribution is 7.89. The molecule has 0 spiro atoms. The Balaban J connectivity index is 1.37. The number of aryl methyl sites for hydroxylation is 1. The van der Waals surface area contributed by atoms with Gasteiger partial charge in [-0.15, -0.1) is 5.10 Å². The summed E-state index contributed by atoms with van der Waals surface area (Å²) in [6.45, 7) is 4.98. The smallest absolute Gasteiger partial charge is 0.262 e. The van der Waals surface area contributed by atoms with Gasteiger partial charge in [0.2, 0.25) is 0 Å². The fraction of sp³-hybridized carbons (Fsp3) is 0.421. The maximum atomic E-state index is 12.8. The van der Waals surface area contributed by atoms with Crippen LogP contribution in [-0.4, -0.2) is 50.4 Å². The molecule has 29 heavy (non-hydrogen) atoms. The van der Waals surface area contributed by atoms with Crippen molar-refractivity contribution in [2.75, 3.05) is 13.1 Å². The molecule has 1 aliphatic rings. The van der Waals surface area contributed by atoms with E-state index in [0.717, 1.165) is 11.6 Å². The number of hydrogen-bond acceptors (Lipinski definition) is 6. The van der Waals surface area contributed by atoms with Crippen LogP contribution in [0, 0.1) is 0 Å². The van der Waals surface area contributed by atoms with Gasteiger partial charge < -0.3 is 9.30 Å². The lowest BCUT2D eigenvalue weighted by Gasteiger charge is -2.36. The van der Waals surface area contributed by atoms with Crippen LogP contribution in [0.4, 0.5) is 0 Å². The van der Waals surface area contributed by atoms with Gasteiger partial charge >= 0.3 is 0 Å². The third-order valence-electron chi connectivity index (χ3n) is 4.90. The van der Waals surface area contributed by atoms with E-state index in [-0.39, 0.29) is 17.0 Å². The molecular formula is C19H24N6O3S. The van der Waals surface area contributed by atoms with Gasteiger partial charge in [-0.2, -0.15) is 4.31 Å². The Morgan fingerprint density at radius 3 is 2.55 bits per heavy atom. The van der Waals surface area contributed by atoms with Gasteiger partial charge in [-0.25, -0.2) is 18.1 Å². The summed E-state index contributed by atoms with van der Waals surface area (Å²) in [5, 5.41) is 8.34. The molecule has 0 N–H and O–H groups in total. The van der Waals surface area contributed by atoms with E-state index in [0.29, 0.717) is 25.4 Å². The number of aromatic nitrogens is 5. The van der Waals surface area contributed by atoms with E-state index in [2.05, 4.69) is 15.3 Å². The van der Waals surface area contributed by atoms with Gasteiger partial charge in [-0.05, 0) is 12.1 Å². The molecule has 0 amide bonds. The number of sulfonamides is 1. The predicted molar refractivity (Wildman–Crippen MR) is 106 cm³/mol. The zero-order chi connectivity index (χ0) is 20.6.